The molecule has 2 rings (SSSR count). The largest absolute Gasteiger partial charge is 0.484 e. The highest BCUT2D eigenvalue weighted by Crippen LogP contribution is 2.33. The molecule has 0 radical (unpaired) electrons. The number of sulfone groups is 1. The van der Waals surface area contributed by atoms with Crippen LogP contribution >= 0.6 is 0 Å². The van der Waals surface area contributed by atoms with Gasteiger partial charge in [0.25, 0.3) is 0 Å². The minimum Gasteiger partial charge on any atom is -0.484 e. The van der Waals surface area contributed by atoms with Crippen molar-refractivity contribution in [2.75, 3.05) is 32.6 Å². The first kappa shape index (κ1) is 15.7. The lowest BCUT2D eigenvalue weighted by Crippen LogP contribution is -2.41. The number of nitro groups is 1. The molecule has 0 spiro atoms. The van der Waals surface area contributed by atoms with E-state index in [0.29, 0.717) is 13.2 Å². The molecule has 1 fully saturated rings. The molecule has 1 saturated heterocycles. The molecule has 1 aliphatic heterocycles. The molecular formula is C12H16N2O6S. The van der Waals surface area contributed by atoms with Crippen molar-refractivity contribution in [1.82, 2.24) is 5.32 Å². The predicted molar refractivity (Wildman–Crippen MR) is 74.3 cm³/mol. The molecule has 1 unspecified atom stereocenters. The first-order valence-corrected chi connectivity index (χ1v) is 8.21. The Morgan fingerprint density at radius 2 is 2.29 bits per heavy atom. The minimum atomic E-state index is -3.71. The second kappa shape index (κ2) is 6.37. The van der Waals surface area contributed by atoms with E-state index < -0.39 is 20.4 Å². The van der Waals surface area contributed by atoms with Gasteiger partial charge in [-0.2, -0.15) is 0 Å². The van der Waals surface area contributed by atoms with Crippen molar-refractivity contribution in [3.8, 4) is 5.75 Å². The Morgan fingerprint density at radius 1 is 1.52 bits per heavy atom. The summed E-state index contributed by atoms with van der Waals surface area (Å²) in [7, 11) is -3.71. The fourth-order valence-electron chi connectivity index (χ4n) is 2.01. The monoisotopic (exact) mass is 316 g/mol. The summed E-state index contributed by atoms with van der Waals surface area (Å²) in [6.07, 6.45) is 0.702. The van der Waals surface area contributed by atoms with E-state index >= 15 is 0 Å². The quantitative estimate of drug-likeness (QED) is 0.617. The van der Waals surface area contributed by atoms with Crippen LogP contribution in [0.4, 0.5) is 5.69 Å². The lowest BCUT2D eigenvalue weighted by atomic mass is 10.3. The normalized spacial score (nSPS) is 19.2. The van der Waals surface area contributed by atoms with E-state index in [1.807, 2.05) is 0 Å². The van der Waals surface area contributed by atoms with Crippen LogP contribution in [0.3, 0.4) is 0 Å². The Hall–Kier alpha value is -1.71. The van der Waals surface area contributed by atoms with Gasteiger partial charge >= 0.3 is 5.69 Å². The van der Waals surface area contributed by atoms with Crippen LogP contribution in [0.5, 0.6) is 5.75 Å². The molecule has 0 aromatic heterocycles. The lowest BCUT2D eigenvalue weighted by Gasteiger charge is -2.23. The molecule has 21 heavy (non-hydrogen) atoms. The number of hydrogen-bond donors (Lipinski definition) is 1. The highest BCUT2D eigenvalue weighted by molar-refractivity contribution is 7.90. The van der Waals surface area contributed by atoms with Crippen LogP contribution in [0.1, 0.15) is 0 Å². The van der Waals surface area contributed by atoms with Gasteiger partial charge in [0.15, 0.2) is 15.6 Å². The van der Waals surface area contributed by atoms with Crippen molar-refractivity contribution in [1.29, 1.82) is 0 Å². The van der Waals surface area contributed by atoms with Gasteiger partial charge < -0.3 is 14.8 Å². The number of para-hydroxylation sites is 1. The van der Waals surface area contributed by atoms with E-state index in [1.54, 1.807) is 0 Å². The van der Waals surface area contributed by atoms with Crippen LogP contribution in [0, 0.1) is 10.1 Å². The van der Waals surface area contributed by atoms with E-state index in [2.05, 4.69) is 5.32 Å². The number of nitrogens with one attached hydrogen (secondary N) is 1. The maximum atomic E-state index is 11.6. The molecule has 1 atom stereocenters. The summed E-state index contributed by atoms with van der Waals surface area (Å²) in [6.45, 7) is 1.99. The molecule has 9 heteroatoms. The summed E-state index contributed by atoms with van der Waals surface area (Å²) in [6, 6.07) is 3.99. The average Bonchev–Trinajstić information content (AvgIpc) is 2.44. The average molecular weight is 316 g/mol. The van der Waals surface area contributed by atoms with Crippen molar-refractivity contribution in [2.24, 2.45) is 0 Å². The number of ether oxygens (including phenoxy) is 2. The van der Waals surface area contributed by atoms with Gasteiger partial charge in [0.2, 0.25) is 0 Å². The van der Waals surface area contributed by atoms with Gasteiger partial charge in [0, 0.05) is 19.3 Å². The second-order valence-electron chi connectivity index (χ2n) is 4.64. The molecule has 1 aromatic carbocycles. The van der Waals surface area contributed by atoms with Crippen molar-refractivity contribution in [2.45, 2.75) is 11.0 Å². The van der Waals surface area contributed by atoms with Crippen LogP contribution in [0.2, 0.25) is 0 Å². The summed E-state index contributed by atoms with van der Waals surface area (Å²) in [5, 5.41) is 14.3. The molecule has 1 N–H and O–H groups in total. The van der Waals surface area contributed by atoms with Gasteiger partial charge in [-0.1, -0.05) is 6.07 Å². The van der Waals surface area contributed by atoms with E-state index in [-0.39, 0.29) is 23.4 Å². The van der Waals surface area contributed by atoms with Crippen molar-refractivity contribution < 1.29 is 22.8 Å². The van der Waals surface area contributed by atoms with Gasteiger partial charge in [-0.3, -0.25) is 10.1 Å². The summed E-state index contributed by atoms with van der Waals surface area (Å²) in [5.74, 6) is -0.0721. The molecular weight excluding hydrogens is 300 g/mol. The number of nitro benzene ring substituents is 1. The predicted octanol–water partition coefficient (Wildman–Crippen LogP) is 0.366. The van der Waals surface area contributed by atoms with Crippen LogP contribution < -0.4 is 10.1 Å². The smallest absolute Gasteiger partial charge is 0.329 e. The summed E-state index contributed by atoms with van der Waals surface area (Å²) < 4.78 is 34.1. The van der Waals surface area contributed by atoms with Crippen LogP contribution in [-0.2, 0) is 14.6 Å². The second-order valence-corrected chi connectivity index (χ2v) is 6.62. The SMILES string of the molecule is CS(=O)(=O)c1cccc(OCC2CNCCO2)c1[N+](=O)[O-]. The van der Waals surface area contributed by atoms with Crippen molar-refractivity contribution >= 4 is 15.5 Å². The molecule has 8 nitrogen and oxygen atoms in total. The van der Waals surface area contributed by atoms with Crippen molar-refractivity contribution in [3.63, 3.8) is 0 Å². The minimum absolute atomic E-state index is 0.0721. The van der Waals surface area contributed by atoms with Crippen LogP contribution in [-0.4, -0.2) is 52.0 Å². The molecule has 0 amide bonds. The number of hydrogen-bond acceptors (Lipinski definition) is 7. The van der Waals surface area contributed by atoms with Gasteiger partial charge in [-0.05, 0) is 12.1 Å². The highest BCUT2D eigenvalue weighted by Gasteiger charge is 2.27. The Labute approximate surface area is 122 Å². The fourth-order valence-corrected chi connectivity index (χ4v) is 2.86. The van der Waals surface area contributed by atoms with Gasteiger partial charge in [-0.15, -0.1) is 0 Å². The molecule has 1 heterocycles. The maximum absolute atomic E-state index is 11.6. The first-order valence-electron chi connectivity index (χ1n) is 6.32. The third kappa shape index (κ3) is 3.90. The van der Waals surface area contributed by atoms with Gasteiger partial charge in [0.1, 0.15) is 17.6 Å². The topological polar surface area (TPSA) is 108 Å². The fraction of sp³-hybridized carbons (Fsp3) is 0.500. The third-order valence-corrected chi connectivity index (χ3v) is 4.10. The van der Waals surface area contributed by atoms with E-state index in [0.717, 1.165) is 12.8 Å². The Morgan fingerprint density at radius 3 is 2.86 bits per heavy atom. The summed E-state index contributed by atoms with van der Waals surface area (Å²) in [4.78, 5) is 10.1. The molecule has 1 aliphatic rings. The molecule has 1 aromatic rings. The molecule has 0 bridgehead atoms. The standard InChI is InChI=1S/C12H16N2O6S/c1-21(17,18)11-4-2-3-10(12(11)14(15)16)20-8-9-7-13-5-6-19-9/h2-4,9,13H,5-8H2,1H3. The van der Waals surface area contributed by atoms with Gasteiger partial charge in [-0.25, -0.2) is 8.42 Å². The first-order chi connectivity index (χ1) is 9.89. The molecule has 0 saturated carbocycles. The lowest BCUT2D eigenvalue weighted by molar-refractivity contribution is -0.388. The van der Waals surface area contributed by atoms with Crippen LogP contribution in [0.25, 0.3) is 0 Å². The molecule has 0 aliphatic carbocycles. The maximum Gasteiger partial charge on any atom is 0.329 e. The Balaban J connectivity index is 2.24. The zero-order valence-corrected chi connectivity index (χ0v) is 12.3. The van der Waals surface area contributed by atoms with Crippen molar-refractivity contribution in [3.05, 3.63) is 28.3 Å². The van der Waals surface area contributed by atoms with Crippen LogP contribution in [0.15, 0.2) is 23.1 Å². The number of benzene rings is 1. The summed E-state index contributed by atoms with van der Waals surface area (Å²) >= 11 is 0. The molecule has 116 valence electrons. The Kier molecular flexibility index (Phi) is 4.76. The summed E-state index contributed by atoms with van der Waals surface area (Å²) in [5.41, 5.74) is -0.538. The van der Waals surface area contributed by atoms with Gasteiger partial charge in [0.05, 0.1) is 11.5 Å². The van der Waals surface area contributed by atoms with E-state index in [1.165, 1.54) is 18.2 Å². The number of nitrogens with zero attached hydrogens (tertiary/aromatic N) is 1. The zero-order chi connectivity index (χ0) is 15.5. The third-order valence-electron chi connectivity index (χ3n) is 2.97. The van der Waals surface area contributed by atoms with E-state index in [9.17, 15) is 18.5 Å². The number of rotatable bonds is 5. The van der Waals surface area contributed by atoms with E-state index in [4.69, 9.17) is 9.47 Å². The zero-order valence-electron chi connectivity index (χ0n) is 11.4. The number of morpholine rings is 1. The highest BCUT2D eigenvalue weighted by atomic mass is 32.2. The Bertz CT molecular complexity index is 625.